The zero-order valence-electron chi connectivity index (χ0n) is 19.5. The summed E-state index contributed by atoms with van der Waals surface area (Å²) in [7, 11) is 3.84. The van der Waals surface area contributed by atoms with E-state index in [0.29, 0.717) is 6.04 Å². The van der Waals surface area contributed by atoms with Gasteiger partial charge in [0.15, 0.2) is 11.0 Å². The Labute approximate surface area is 196 Å². The van der Waals surface area contributed by atoms with Gasteiger partial charge in [-0.25, -0.2) is 0 Å². The second-order valence-electron chi connectivity index (χ2n) is 8.46. The molecule has 0 fully saturated rings. The average Bonchev–Trinajstić information content (AvgIpc) is 3.21. The molecule has 3 aromatic rings. The van der Waals surface area contributed by atoms with E-state index < -0.39 is 0 Å². The lowest BCUT2D eigenvalue weighted by molar-refractivity contribution is 0.180. The van der Waals surface area contributed by atoms with Crippen LogP contribution in [0, 0.1) is 0 Å². The minimum Gasteiger partial charge on any atom is -0.496 e. The summed E-state index contributed by atoms with van der Waals surface area (Å²) in [6, 6.07) is 17.4. The number of rotatable bonds is 10. The third-order valence-corrected chi connectivity index (χ3v) is 7.45. The maximum absolute atomic E-state index is 5.59. The number of hydrogen-bond acceptors (Lipinski definition) is 5. The van der Waals surface area contributed by atoms with Crippen LogP contribution in [0.3, 0.4) is 0 Å². The molecule has 1 unspecified atom stereocenters. The second kappa shape index (κ2) is 11.0. The fourth-order valence-electron chi connectivity index (χ4n) is 4.73. The first-order valence-electron chi connectivity index (χ1n) is 11.7. The second-order valence-corrected chi connectivity index (χ2v) is 9.53. The Hall–Kier alpha value is -2.31. The Balaban J connectivity index is 1.32. The summed E-state index contributed by atoms with van der Waals surface area (Å²) in [6.07, 6.45) is 5.80. The van der Waals surface area contributed by atoms with Gasteiger partial charge in [-0.05, 0) is 62.4 Å². The van der Waals surface area contributed by atoms with Gasteiger partial charge in [0.2, 0.25) is 0 Å². The quantitative estimate of drug-likeness (QED) is 0.312. The summed E-state index contributed by atoms with van der Waals surface area (Å²) in [4.78, 5) is 2.70. The molecule has 0 saturated heterocycles. The van der Waals surface area contributed by atoms with E-state index in [0.717, 1.165) is 60.4 Å². The van der Waals surface area contributed by atoms with Gasteiger partial charge in [-0.3, -0.25) is 0 Å². The third-order valence-electron chi connectivity index (χ3n) is 6.35. The molecule has 0 amide bonds. The fraction of sp³-hybridized carbons (Fsp3) is 0.462. The highest BCUT2D eigenvalue weighted by Gasteiger charge is 2.25. The molecule has 0 spiro atoms. The smallest absolute Gasteiger partial charge is 0.191 e. The maximum Gasteiger partial charge on any atom is 0.191 e. The molecule has 6 heteroatoms. The molecule has 1 aromatic heterocycles. The molecule has 1 aliphatic carbocycles. The van der Waals surface area contributed by atoms with Crippen LogP contribution in [-0.2, 0) is 19.9 Å². The minimum absolute atomic E-state index is 0.624. The number of aromatic nitrogens is 3. The van der Waals surface area contributed by atoms with E-state index in [2.05, 4.69) is 64.0 Å². The largest absolute Gasteiger partial charge is 0.496 e. The van der Waals surface area contributed by atoms with Gasteiger partial charge in [-0.1, -0.05) is 61.2 Å². The van der Waals surface area contributed by atoms with Crippen LogP contribution in [0.2, 0.25) is 0 Å². The summed E-state index contributed by atoms with van der Waals surface area (Å²) >= 11 is 1.81. The van der Waals surface area contributed by atoms with Crippen molar-refractivity contribution in [2.45, 2.75) is 50.2 Å². The monoisotopic (exact) mass is 450 g/mol. The van der Waals surface area contributed by atoms with E-state index >= 15 is 0 Å². The highest BCUT2D eigenvalue weighted by Crippen LogP contribution is 2.31. The first-order chi connectivity index (χ1) is 15.7. The number of ether oxygens (including phenoxy) is 1. The lowest BCUT2D eigenvalue weighted by Gasteiger charge is -2.35. The highest BCUT2D eigenvalue weighted by atomic mass is 32.2. The predicted molar refractivity (Wildman–Crippen MR) is 132 cm³/mol. The summed E-state index contributed by atoms with van der Waals surface area (Å²) in [6.45, 7) is 4.58. The lowest BCUT2D eigenvalue weighted by Crippen LogP contribution is -2.40. The van der Waals surface area contributed by atoms with E-state index in [1.165, 1.54) is 24.0 Å². The predicted octanol–water partition coefficient (Wildman–Crippen LogP) is 5.24. The zero-order valence-corrected chi connectivity index (χ0v) is 20.3. The zero-order chi connectivity index (χ0) is 22.3. The molecule has 1 atom stereocenters. The van der Waals surface area contributed by atoms with Crippen LogP contribution in [0.25, 0.3) is 11.4 Å². The van der Waals surface area contributed by atoms with Gasteiger partial charge in [-0.15, -0.1) is 10.2 Å². The van der Waals surface area contributed by atoms with E-state index in [9.17, 15) is 0 Å². The summed E-state index contributed by atoms with van der Waals surface area (Å²) in [5.74, 6) is 3.04. The number of nitrogens with zero attached hydrogens (tertiary/aromatic N) is 4. The molecule has 32 heavy (non-hydrogen) atoms. The van der Waals surface area contributed by atoms with Crippen molar-refractivity contribution < 1.29 is 4.74 Å². The Morgan fingerprint density at radius 1 is 1.09 bits per heavy atom. The van der Waals surface area contributed by atoms with Crippen LogP contribution in [-0.4, -0.2) is 51.7 Å². The van der Waals surface area contributed by atoms with Crippen molar-refractivity contribution in [2.24, 2.45) is 7.05 Å². The number of fused-ring (bicyclic) bond motifs is 1. The maximum atomic E-state index is 5.59. The van der Waals surface area contributed by atoms with Crippen LogP contribution < -0.4 is 4.74 Å². The van der Waals surface area contributed by atoms with Crippen molar-refractivity contribution in [3.8, 4) is 17.1 Å². The first kappa shape index (κ1) is 22.9. The third kappa shape index (κ3) is 5.18. The molecule has 0 N–H and O–H groups in total. The van der Waals surface area contributed by atoms with E-state index in [4.69, 9.17) is 4.74 Å². The van der Waals surface area contributed by atoms with Crippen LogP contribution in [0.5, 0.6) is 5.75 Å². The average molecular weight is 451 g/mol. The van der Waals surface area contributed by atoms with Gasteiger partial charge in [0.05, 0.1) is 7.11 Å². The molecule has 1 aliphatic rings. The van der Waals surface area contributed by atoms with Crippen LogP contribution in [0.1, 0.15) is 37.3 Å². The van der Waals surface area contributed by atoms with Gasteiger partial charge in [-0.2, -0.15) is 0 Å². The van der Waals surface area contributed by atoms with Crippen molar-refractivity contribution in [2.75, 3.05) is 26.0 Å². The Morgan fingerprint density at radius 2 is 1.94 bits per heavy atom. The van der Waals surface area contributed by atoms with Gasteiger partial charge in [0.1, 0.15) is 5.75 Å². The molecule has 0 saturated carbocycles. The standard InChI is InChI=1S/C26H34N4OS/c1-4-16-30(22-14-15-23-21(19-22)12-8-13-24(23)31-3)17-9-18-32-26-28-27-25(29(26)2)20-10-6-5-7-11-20/h5-8,10-13,22H,4,9,14-19H2,1-3H3. The SMILES string of the molecule is CCCN(CCCSc1nnc(-c2ccccc2)n1C)C1CCc2c(cccc2OC)C1. The lowest BCUT2D eigenvalue weighted by atomic mass is 9.86. The summed E-state index contributed by atoms with van der Waals surface area (Å²) < 4.78 is 7.69. The van der Waals surface area contributed by atoms with Crippen LogP contribution in [0.15, 0.2) is 53.7 Å². The molecule has 0 bridgehead atoms. The normalized spacial score (nSPS) is 15.7. The van der Waals surface area contributed by atoms with Gasteiger partial charge < -0.3 is 14.2 Å². The van der Waals surface area contributed by atoms with E-state index in [1.807, 2.05) is 30.0 Å². The van der Waals surface area contributed by atoms with Crippen LogP contribution in [0.4, 0.5) is 0 Å². The minimum atomic E-state index is 0.624. The van der Waals surface area contributed by atoms with E-state index in [-0.39, 0.29) is 0 Å². The Kier molecular flexibility index (Phi) is 7.87. The molecule has 1 heterocycles. The molecule has 0 aliphatic heterocycles. The molecule has 5 nitrogen and oxygen atoms in total. The fourth-order valence-corrected chi connectivity index (χ4v) is 5.57. The molecule has 0 radical (unpaired) electrons. The molecular weight excluding hydrogens is 416 g/mol. The summed E-state index contributed by atoms with van der Waals surface area (Å²) in [5, 5.41) is 9.83. The van der Waals surface area contributed by atoms with Crippen molar-refractivity contribution in [1.82, 2.24) is 19.7 Å². The van der Waals surface area contributed by atoms with Gasteiger partial charge >= 0.3 is 0 Å². The molecule has 170 valence electrons. The van der Waals surface area contributed by atoms with E-state index in [1.54, 1.807) is 7.11 Å². The van der Waals surface area contributed by atoms with Crippen molar-refractivity contribution in [3.63, 3.8) is 0 Å². The number of thioether (sulfide) groups is 1. The van der Waals surface area contributed by atoms with Gasteiger partial charge in [0.25, 0.3) is 0 Å². The molecule has 4 rings (SSSR count). The van der Waals surface area contributed by atoms with Crippen molar-refractivity contribution in [3.05, 3.63) is 59.7 Å². The molecular formula is C26H34N4OS. The highest BCUT2D eigenvalue weighted by molar-refractivity contribution is 7.99. The van der Waals surface area contributed by atoms with Crippen molar-refractivity contribution >= 4 is 11.8 Å². The number of methoxy groups -OCH3 is 1. The topological polar surface area (TPSA) is 43.2 Å². The van der Waals surface area contributed by atoms with Crippen LogP contribution >= 0.6 is 11.8 Å². The Morgan fingerprint density at radius 3 is 2.72 bits per heavy atom. The summed E-state index contributed by atoms with van der Waals surface area (Å²) in [5.41, 5.74) is 3.98. The number of benzene rings is 2. The number of hydrogen-bond donors (Lipinski definition) is 0. The Bertz CT molecular complexity index is 1000. The molecule has 2 aromatic carbocycles. The van der Waals surface area contributed by atoms with Gasteiger partial charge in [0, 0.05) is 24.4 Å². The first-order valence-corrected chi connectivity index (χ1v) is 12.7. The van der Waals surface area contributed by atoms with Crippen molar-refractivity contribution in [1.29, 1.82) is 0 Å².